The third-order valence-electron chi connectivity index (χ3n) is 0.780. The summed E-state index contributed by atoms with van der Waals surface area (Å²) in [4.78, 5) is 20.5. The Morgan fingerprint density at radius 3 is 2.00 bits per heavy atom. The smallest absolute Gasteiger partial charge is 0.344 e. The van der Waals surface area contributed by atoms with E-state index in [0.29, 0.717) is 0 Å². The monoisotopic (exact) mass is 190 g/mol. The first-order chi connectivity index (χ1) is 6.01. The summed E-state index contributed by atoms with van der Waals surface area (Å²) >= 11 is 0. The van der Waals surface area contributed by atoms with Crippen molar-refractivity contribution in [1.82, 2.24) is 0 Å². The lowest BCUT2D eigenvalue weighted by atomic mass is 10.3. The molecule has 0 saturated carbocycles. The quantitative estimate of drug-likeness (QED) is 0.287. The molecule has 5 heteroatoms. The van der Waals surface area contributed by atoms with Crippen molar-refractivity contribution in [2.45, 2.75) is 13.8 Å². The van der Waals surface area contributed by atoms with Crippen molar-refractivity contribution < 1.29 is 24.5 Å². The predicted octanol–water partition coefficient (Wildman–Crippen LogP) is 0.189. The highest BCUT2D eigenvalue weighted by Crippen LogP contribution is 1.93. The number of aliphatic hydroxyl groups is 1. The van der Waals surface area contributed by atoms with Gasteiger partial charge in [-0.1, -0.05) is 6.58 Å². The molecule has 76 valence electrons. The van der Waals surface area contributed by atoms with Crippen molar-refractivity contribution >= 4 is 11.9 Å². The summed E-state index contributed by atoms with van der Waals surface area (Å²) in [6.07, 6.45) is 0. The van der Waals surface area contributed by atoms with Crippen LogP contribution in [-0.2, 0) is 14.3 Å². The molecule has 0 fully saturated rings. The minimum Gasteiger partial charge on any atom is -0.477 e. The summed E-state index contributed by atoms with van der Waals surface area (Å²) in [5, 5.41) is 15.7. The average molecular weight is 190 g/mol. The van der Waals surface area contributed by atoms with Crippen LogP contribution in [0, 0.1) is 0 Å². The van der Waals surface area contributed by atoms with Crippen LogP contribution in [0.3, 0.4) is 0 Å². The molecule has 0 rings (SSSR count). The molecule has 0 aromatic heterocycles. The van der Waals surface area contributed by atoms with E-state index in [1.807, 2.05) is 0 Å². The predicted molar refractivity (Wildman–Crippen MR) is 46.2 cm³/mol. The molecule has 0 aromatic carbocycles. The van der Waals surface area contributed by atoms with Gasteiger partial charge in [0.25, 0.3) is 0 Å². The Kier molecular flexibility index (Phi) is 9.53. The lowest BCUT2D eigenvalue weighted by molar-refractivity contribution is -0.143. The second-order valence-electron chi connectivity index (χ2n) is 1.82. The van der Waals surface area contributed by atoms with Gasteiger partial charge in [-0.2, -0.15) is 0 Å². The molecule has 5 nitrogen and oxygen atoms in total. The van der Waals surface area contributed by atoms with E-state index in [0.717, 1.165) is 0 Å². The van der Waals surface area contributed by atoms with Crippen LogP contribution in [0.2, 0.25) is 0 Å². The van der Waals surface area contributed by atoms with Crippen LogP contribution in [0.4, 0.5) is 0 Å². The van der Waals surface area contributed by atoms with Crippen molar-refractivity contribution in [2.24, 2.45) is 0 Å². The van der Waals surface area contributed by atoms with Gasteiger partial charge in [0.15, 0.2) is 0 Å². The third kappa shape index (κ3) is 8.55. The Bertz CT molecular complexity index is 185. The van der Waals surface area contributed by atoms with Crippen LogP contribution in [-0.4, -0.2) is 35.4 Å². The van der Waals surface area contributed by atoms with Gasteiger partial charge >= 0.3 is 11.9 Å². The van der Waals surface area contributed by atoms with Crippen molar-refractivity contribution in [3.8, 4) is 0 Å². The number of carbonyl (C=O) groups is 2. The number of aliphatic hydroxyl groups excluding tert-OH is 1. The van der Waals surface area contributed by atoms with E-state index in [4.69, 9.17) is 10.2 Å². The van der Waals surface area contributed by atoms with E-state index in [2.05, 4.69) is 11.3 Å². The zero-order chi connectivity index (χ0) is 10.9. The summed E-state index contributed by atoms with van der Waals surface area (Å²) < 4.78 is 4.35. The van der Waals surface area contributed by atoms with Gasteiger partial charge in [0, 0.05) is 6.61 Å². The van der Waals surface area contributed by atoms with E-state index >= 15 is 0 Å². The number of hydrogen-bond acceptors (Lipinski definition) is 4. The second-order valence-corrected chi connectivity index (χ2v) is 1.82. The van der Waals surface area contributed by atoms with Gasteiger partial charge in [-0.15, -0.1) is 0 Å². The normalized spacial score (nSPS) is 7.92. The molecule has 0 saturated heterocycles. The molecule has 2 N–H and O–H groups in total. The van der Waals surface area contributed by atoms with Gasteiger partial charge < -0.3 is 14.9 Å². The van der Waals surface area contributed by atoms with Crippen molar-refractivity contribution in [1.29, 1.82) is 0 Å². The number of hydrogen-bond donors (Lipinski definition) is 2. The number of carboxylic acid groups (broad SMARTS) is 1. The standard InChI is InChI=1S/C6H8O4.C2H6O/c1-3-10-6(9)4(2)5(7)8;1-2-3/h2-3H2,1H3,(H,7,8);3H,2H2,1H3. The van der Waals surface area contributed by atoms with Crippen LogP contribution in [0.1, 0.15) is 13.8 Å². The van der Waals surface area contributed by atoms with Gasteiger partial charge in [0.05, 0.1) is 6.61 Å². The molecule has 0 heterocycles. The lowest BCUT2D eigenvalue weighted by Crippen LogP contribution is -2.13. The topological polar surface area (TPSA) is 83.8 Å². The van der Waals surface area contributed by atoms with Gasteiger partial charge in [0.2, 0.25) is 0 Å². The highest BCUT2D eigenvalue weighted by molar-refractivity contribution is 6.12. The second kappa shape index (κ2) is 8.73. The van der Waals surface area contributed by atoms with Gasteiger partial charge in [-0.25, -0.2) is 9.59 Å². The van der Waals surface area contributed by atoms with E-state index in [1.54, 1.807) is 13.8 Å². The fourth-order valence-electron chi connectivity index (χ4n) is 0.306. The Balaban J connectivity index is 0. The van der Waals surface area contributed by atoms with Crippen LogP contribution >= 0.6 is 0 Å². The number of esters is 1. The molecule has 0 aliphatic rings. The first kappa shape index (κ1) is 14.2. The number of rotatable bonds is 3. The zero-order valence-corrected chi connectivity index (χ0v) is 7.74. The van der Waals surface area contributed by atoms with Crippen molar-refractivity contribution in [2.75, 3.05) is 13.2 Å². The number of ether oxygens (including phenoxy) is 1. The molecule has 0 radical (unpaired) electrons. The van der Waals surface area contributed by atoms with Crippen LogP contribution in [0.25, 0.3) is 0 Å². The van der Waals surface area contributed by atoms with E-state index < -0.39 is 17.5 Å². The third-order valence-corrected chi connectivity index (χ3v) is 0.780. The molecule has 0 aliphatic heterocycles. The molecule has 0 atom stereocenters. The van der Waals surface area contributed by atoms with E-state index in [9.17, 15) is 9.59 Å². The minimum atomic E-state index is -1.35. The molecule has 0 unspecified atom stereocenters. The fourth-order valence-corrected chi connectivity index (χ4v) is 0.306. The first-order valence-corrected chi connectivity index (χ1v) is 3.71. The summed E-state index contributed by atoms with van der Waals surface area (Å²) in [6, 6.07) is 0. The van der Waals surface area contributed by atoms with Crippen molar-refractivity contribution in [3.05, 3.63) is 12.2 Å². The summed E-state index contributed by atoms with van der Waals surface area (Å²) in [6.45, 7) is 6.68. The van der Waals surface area contributed by atoms with Crippen molar-refractivity contribution in [3.63, 3.8) is 0 Å². The number of aliphatic carboxylic acids is 1. The highest BCUT2D eigenvalue weighted by atomic mass is 16.5. The van der Waals surface area contributed by atoms with Crippen LogP contribution < -0.4 is 0 Å². The Labute approximate surface area is 76.6 Å². The summed E-state index contributed by atoms with van der Waals surface area (Å²) in [5.41, 5.74) is -0.540. The summed E-state index contributed by atoms with van der Waals surface area (Å²) in [5.74, 6) is -2.23. The molecule has 0 spiro atoms. The molecule has 0 bridgehead atoms. The maximum atomic E-state index is 10.5. The average Bonchev–Trinajstić information content (AvgIpc) is 2.04. The highest BCUT2D eigenvalue weighted by Gasteiger charge is 2.14. The largest absolute Gasteiger partial charge is 0.477 e. The maximum Gasteiger partial charge on any atom is 0.344 e. The van der Waals surface area contributed by atoms with Gasteiger partial charge in [-0.05, 0) is 13.8 Å². The number of carbonyl (C=O) groups excluding carboxylic acids is 1. The molecule has 13 heavy (non-hydrogen) atoms. The Morgan fingerprint density at radius 2 is 1.77 bits per heavy atom. The molecular formula is C8H14O5. The van der Waals surface area contributed by atoms with Gasteiger partial charge in [-0.3, -0.25) is 0 Å². The Hall–Kier alpha value is -1.36. The SMILES string of the molecule is C=C(C(=O)O)C(=O)OCC.CCO. The lowest BCUT2D eigenvalue weighted by Gasteiger charge is -1.98. The molecular weight excluding hydrogens is 176 g/mol. The van der Waals surface area contributed by atoms with Crippen LogP contribution in [0.5, 0.6) is 0 Å². The zero-order valence-electron chi connectivity index (χ0n) is 7.74. The van der Waals surface area contributed by atoms with E-state index in [1.165, 1.54) is 0 Å². The molecule has 0 amide bonds. The molecule has 0 aromatic rings. The minimum absolute atomic E-state index is 0.158. The summed E-state index contributed by atoms with van der Waals surface area (Å²) in [7, 11) is 0. The van der Waals surface area contributed by atoms with Gasteiger partial charge in [0.1, 0.15) is 5.57 Å². The molecule has 0 aliphatic carbocycles. The fraction of sp³-hybridized carbons (Fsp3) is 0.500. The Morgan fingerprint density at radius 1 is 1.38 bits per heavy atom. The maximum absolute atomic E-state index is 10.5. The first-order valence-electron chi connectivity index (χ1n) is 3.71. The number of carboxylic acids is 1. The van der Waals surface area contributed by atoms with E-state index in [-0.39, 0.29) is 13.2 Å². The van der Waals surface area contributed by atoms with Crippen LogP contribution in [0.15, 0.2) is 12.2 Å².